The van der Waals surface area contributed by atoms with Gasteiger partial charge in [0.05, 0.1) is 0 Å². The summed E-state index contributed by atoms with van der Waals surface area (Å²) in [4.78, 5) is 34.6. The Bertz CT molecular complexity index is 374. The topological polar surface area (TPSA) is 83.8 Å². The van der Waals surface area contributed by atoms with Gasteiger partial charge in [-0.25, -0.2) is 4.79 Å². The molecule has 0 heterocycles. The fourth-order valence-electron chi connectivity index (χ4n) is 0.818. The van der Waals surface area contributed by atoms with Crippen molar-refractivity contribution < 1.29 is 19.3 Å². The van der Waals surface area contributed by atoms with Gasteiger partial charge in [0.25, 0.3) is 5.91 Å². The second-order valence-corrected chi connectivity index (χ2v) is 3.75. The van der Waals surface area contributed by atoms with Crippen molar-refractivity contribution in [2.75, 3.05) is 35.3 Å². The molecule has 0 aromatic heterocycles. The molecule has 0 aliphatic carbocycles. The summed E-state index contributed by atoms with van der Waals surface area (Å²) < 4.78 is 0. The highest BCUT2D eigenvalue weighted by Gasteiger charge is 2.19. The lowest BCUT2D eigenvalue weighted by molar-refractivity contribution is -0.121. The molecule has 0 aromatic rings. The van der Waals surface area contributed by atoms with Crippen LogP contribution in [0.3, 0.4) is 0 Å². The molecule has 0 spiro atoms. The van der Waals surface area contributed by atoms with Gasteiger partial charge in [-0.3, -0.25) is 9.63 Å². The lowest BCUT2D eigenvalue weighted by atomic mass is 10.2. The quantitative estimate of drug-likeness (QED) is 0.408. The second kappa shape index (κ2) is 7.25. The van der Waals surface area contributed by atoms with Crippen LogP contribution in [0, 0.1) is 0 Å². The van der Waals surface area contributed by atoms with Crippen LogP contribution >= 0.6 is 0 Å². The van der Waals surface area contributed by atoms with Crippen LogP contribution in [0.5, 0.6) is 0 Å². The highest BCUT2D eigenvalue weighted by atomic mass is 16.7. The third-order valence-electron chi connectivity index (χ3n) is 1.76. The summed E-state index contributed by atoms with van der Waals surface area (Å²) in [5.41, 5.74) is 0.111. The number of nitrogens with zero attached hydrogens (tertiary/aromatic N) is 4. The predicted molar refractivity (Wildman–Crippen MR) is 66.4 cm³/mol. The normalized spacial score (nSPS) is 11.9. The Labute approximate surface area is 106 Å². The monoisotopic (exact) mass is 258 g/mol. The fraction of sp³-hybridized carbons (Fsp3) is 0.600. The SMILES string of the molecule is CO/N=C(C)/C(=N/OC(=O)N(C)C)C(=O)N(C)C. The van der Waals surface area contributed by atoms with Crippen molar-refractivity contribution in [3.63, 3.8) is 0 Å². The first-order valence-electron chi connectivity index (χ1n) is 5.07. The van der Waals surface area contributed by atoms with E-state index in [0.29, 0.717) is 0 Å². The summed E-state index contributed by atoms with van der Waals surface area (Å²) in [7, 11) is 7.44. The Morgan fingerprint density at radius 3 is 1.94 bits per heavy atom. The van der Waals surface area contributed by atoms with Crippen molar-refractivity contribution in [3.8, 4) is 0 Å². The molecule has 0 atom stereocenters. The second-order valence-electron chi connectivity index (χ2n) is 3.75. The average molecular weight is 258 g/mol. The first-order valence-corrected chi connectivity index (χ1v) is 5.07. The van der Waals surface area contributed by atoms with E-state index in [1.54, 1.807) is 14.1 Å². The molecule has 8 heteroatoms. The molecule has 2 amide bonds. The summed E-state index contributed by atoms with van der Waals surface area (Å²) in [6.45, 7) is 1.52. The fourth-order valence-corrected chi connectivity index (χ4v) is 0.818. The molecule has 18 heavy (non-hydrogen) atoms. The number of carbonyl (C=O) groups excluding carboxylic acids is 2. The molecule has 0 N–H and O–H groups in total. The molecule has 8 nitrogen and oxygen atoms in total. The highest BCUT2D eigenvalue weighted by Crippen LogP contribution is 1.95. The summed E-state index contributed by atoms with van der Waals surface area (Å²) in [6, 6.07) is 0. The number of hydrogen-bond donors (Lipinski definition) is 0. The van der Waals surface area contributed by atoms with Crippen molar-refractivity contribution >= 4 is 23.4 Å². The molecule has 0 unspecified atom stereocenters. The van der Waals surface area contributed by atoms with Crippen molar-refractivity contribution in [2.24, 2.45) is 10.3 Å². The van der Waals surface area contributed by atoms with Crippen LogP contribution in [-0.2, 0) is 14.5 Å². The molecule has 0 saturated heterocycles. The smallest absolute Gasteiger partial charge is 0.399 e. The molecule has 0 aliphatic heterocycles. The zero-order chi connectivity index (χ0) is 14.3. The van der Waals surface area contributed by atoms with Gasteiger partial charge in [-0.1, -0.05) is 10.3 Å². The third-order valence-corrected chi connectivity index (χ3v) is 1.76. The van der Waals surface area contributed by atoms with Gasteiger partial charge in [-0.2, -0.15) is 0 Å². The standard InChI is InChI=1S/C10H18N4O4/c1-7(11-17-6)8(9(15)13(2)3)12-18-10(16)14(4)5/h1-6H3/b11-7+,12-8-. The maximum absolute atomic E-state index is 11.8. The zero-order valence-corrected chi connectivity index (χ0v) is 11.4. The van der Waals surface area contributed by atoms with Gasteiger partial charge in [0.15, 0.2) is 5.71 Å². The van der Waals surface area contributed by atoms with Crippen LogP contribution in [0.2, 0.25) is 0 Å². The van der Waals surface area contributed by atoms with Crippen LogP contribution in [0.4, 0.5) is 4.79 Å². The summed E-state index contributed by atoms with van der Waals surface area (Å²) >= 11 is 0. The molecule has 0 aromatic carbocycles. The average Bonchev–Trinajstić information content (AvgIpc) is 2.28. The van der Waals surface area contributed by atoms with Gasteiger partial charge in [0.2, 0.25) is 0 Å². The number of amides is 2. The van der Waals surface area contributed by atoms with E-state index >= 15 is 0 Å². The Hall–Kier alpha value is -2.12. The maximum atomic E-state index is 11.8. The van der Waals surface area contributed by atoms with Gasteiger partial charge >= 0.3 is 6.09 Å². The van der Waals surface area contributed by atoms with Crippen LogP contribution in [0.1, 0.15) is 6.92 Å². The summed E-state index contributed by atoms with van der Waals surface area (Å²) in [5, 5.41) is 7.09. The maximum Gasteiger partial charge on any atom is 0.435 e. The minimum absolute atomic E-state index is 0.1000. The van der Waals surface area contributed by atoms with Gasteiger partial charge < -0.3 is 14.6 Å². The van der Waals surface area contributed by atoms with Gasteiger partial charge in [0.1, 0.15) is 12.8 Å². The first kappa shape index (κ1) is 15.9. The van der Waals surface area contributed by atoms with E-state index < -0.39 is 12.0 Å². The largest absolute Gasteiger partial charge is 0.435 e. The van der Waals surface area contributed by atoms with Gasteiger partial charge in [-0.05, 0) is 6.92 Å². The van der Waals surface area contributed by atoms with Crippen molar-refractivity contribution in [1.29, 1.82) is 0 Å². The van der Waals surface area contributed by atoms with E-state index in [0.717, 1.165) is 0 Å². The number of hydrogen-bond acceptors (Lipinski definition) is 6. The third kappa shape index (κ3) is 4.81. The van der Waals surface area contributed by atoms with Crippen LogP contribution in [0.15, 0.2) is 10.3 Å². The van der Waals surface area contributed by atoms with E-state index in [-0.39, 0.29) is 11.4 Å². The van der Waals surface area contributed by atoms with Crippen molar-refractivity contribution in [3.05, 3.63) is 0 Å². The van der Waals surface area contributed by atoms with Crippen molar-refractivity contribution in [1.82, 2.24) is 9.80 Å². The summed E-state index contributed by atoms with van der Waals surface area (Å²) in [5.74, 6) is -0.445. The van der Waals surface area contributed by atoms with Crippen LogP contribution in [-0.4, -0.2) is 68.5 Å². The molecule has 0 saturated carbocycles. The lowest BCUT2D eigenvalue weighted by Gasteiger charge is -2.12. The molecule has 0 fully saturated rings. The van der Waals surface area contributed by atoms with E-state index in [2.05, 4.69) is 20.0 Å². The Kier molecular flexibility index (Phi) is 6.40. The first-order chi connectivity index (χ1) is 8.31. The number of oxime groups is 2. The Balaban J connectivity index is 5.11. The molecular weight excluding hydrogens is 240 g/mol. The molecule has 0 rings (SSSR count). The van der Waals surface area contributed by atoms with E-state index in [4.69, 9.17) is 0 Å². The Morgan fingerprint density at radius 1 is 1.00 bits per heavy atom. The van der Waals surface area contributed by atoms with Crippen LogP contribution < -0.4 is 0 Å². The minimum Gasteiger partial charge on any atom is -0.399 e. The van der Waals surface area contributed by atoms with E-state index in [1.165, 1.54) is 37.9 Å². The van der Waals surface area contributed by atoms with Crippen LogP contribution in [0.25, 0.3) is 0 Å². The number of carbonyl (C=O) groups is 2. The molecular formula is C10H18N4O4. The zero-order valence-electron chi connectivity index (χ0n) is 11.4. The predicted octanol–water partition coefficient (Wildman–Crippen LogP) is 0.151. The highest BCUT2D eigenvalue weighted by molar-refractivity contribution is 6.66. The molecule has 102 valence electrons. The van der Waals surface area contributed by atoms with Gasteiger partial charge in [-0.15, -0.1) is 0 Å². The van der Waals surface area contributed by atoms with Gasteiger partial charge in [0, 0.05) is 28.2 Å². The Morgan fingerprint density at radius 2 is 1.56 bits per heavy atom. The number of rotatable bonds is 4. The minimum atomic E-state index is -0.690. The molecule has 0 bridgehead atoms. The van der Waals surface area contributed by atoms with Crippen molar-refractivity contribution in [2.45, 2.75) is 6.92 Å². The molecule has 0 radical (unpaired) electrons. The summed E-state index contributed by atoms with van der Waals surface area (Å²) in [6.07, 6.45) is -0.690. The lowest BCUT2D eigenvalue weighted by Crippen LogP contribution is -2.35. The van der Waals surface area contributed by atoms with E-state index in [1.807, 2.05) is 0 Å². The molecule has 0 aliphatic rings. The van der Waals surface area contributed by atoms with E-state index in [9.17, 15) is 9.59 Å².